The second-order valence-electron chi connectivity index (χ2n) is 12.6. The lowest BCUT2D eigenvalue weighted by molar-refractivity contribution is -0.161. The minimum atomic E-state index is -4.78. The van der Waals surface area contributed by atoms with Gasteiger partial charge in [0.05, 0.1) is 6.61 Å². The van der Waals surface area contributed by atoms with Gasteiger partial charge in [-0.2, -0.15) is 0 Å². The highest BCUT2D eigenvalue weighted by Crippen LogP contribution is 2.36. The van der Waals surface area contributed by atoms with Crippen LogP contribution in [0.5, 0.6) is 0 Å². The van der Waals surface area contributed by atoms with Gasteiger partial charge >= 0.3 is 19.8 Å². The average molecular weight is 711 g/mol. The summed E-state index contributed by atoms with van der Waals surface area (Å²) in [5.41, 5.74) is 0. The van der Waals surface area contributed by atoms with E-state index in [1.807, 2.05) is 36.5 Å². The van der Waals surface area contributed by atoms with E-state index in [2.05, 4.69) is 18.4 Å². The second-order valence-corrected chi connectivity index (χ2v) is 13.8. The fourth-order valence-corrected chi connectivity index (χ4v) is 5.33. The van der Waals surface area contributed by atoms with Crippen LogP contribution in [0.2, 0.25) is 0 Å². The van der Waals surface area contributed by atoms with Crippen LogP contribution in [0.4, 0.5) is 0 Å². The van der Waals surface area contributed by atoms with Gasteiger partial charge in [0.2, 0.25) is 0 Å². The van der Waals surface area contributed by atoms with Gasteiger partial charge in [-0.15, -0.1) is 0 Å². The third-order valence-electron chi connectivity index (χ3n) is 7.83. The van der Waals surface area contributed by atoms with E-state index in [4.69, 9.17) is 19.3 Å². The average Bonchev–Trinajstić information content (AvgIpc) is 3.06. The summed E-state index contributed by atoms with van der Waals surface area (Å²) in [7, 11) is -4.78. The largest absolute Gasteiger partial charge is 0.469 e. The molecule has 49 heavy (non-hydrogen) atoms. The Balaban J connectivity index is 4.13. The molecule has 0 aromatic carbocycles. The lowest BCUT2D eigenvalue weighted by atomic mass is 10.0. The Kier molecular flexibility index (Phi) is 32.5. The molecule has 0 aliphatic carbocycles. The molecule has 282 valence electrons. The quantitative estimate of drug-likeness (QED) is 0.0167. The summed E-state index contributed by atoms with van der Waals surface area (Å²) in [5.74, 6) is -0.822. The summed E-state index contributed by atoms with van der Waals surface area (Å²) in [6.07, 6.45) is 36.8. The molecule has 2 N–H and O–H groups in total. The number of phosphoric acid groups is 1. The fraction of sp³-hybridized carbons (Fsp3) is 0.718. The second kappa shape index (κ2) is 34.1. The van der Waals surface area contributed by atoms with Crippen molar-refractivity contribution < 1.29 is 42.7 Å². The molecule has 0 rings (SSSR count). The molecule has 0 saturated heterocycles. The van der Waals surface area contributed by atoms with Crippen LogP contribution >= 0.6 is 7.82 Å². The maximum Gasteiger partial charge on any atom is 0.469 e. The highest BCUT2D eigenvalue weighted by Gasteiger charge is 2.22. The fourth-order valence-electron chi connectivity index (χ4n) is 4.97. The molecule has 0 bridgehead atoms. The molecule has 0 aromatic rings. The normalized spacial score (nSPS) is 12.9. The smallest absolute Gasteiger partial charge is 0.462 e. The predicted molar refractivity (Wildman–Crippen MR) is 198 cm³/mol. The predicted octanol–water partition coefficient (Wildman–Crippen LogP) is 10.4. The number of carbonyl (C=O) groups excluding carboxylic acids is 3. The van der Waals surface area contributed by atoms with Crippen molar-refractivity contribution in [2.45, 2.75) is 168 Å². The van der Waals surface area contributed by atoms with E-state index in [0.29, 0.717) is 25.7 Å². The third-order valence-corrected chi connectivity index (χ3v) is 8.31. The topological polar surface area (TPSA) is 136 Å². The summed E-state index contributed by atoms with van der Waals surface area (Å²) in [4.78, 5) is 54.3. The van der Waals surface area contributed by atoms with Crippen LogP contribution in [0.3, 0.4) is 0 Å². The number of allylic oxidation sites excluding steroid dienone is 8. The van der Waals surface area contributed by atoms with Crippen LogP contribution in [0.15, 0.2) is 48.6 Å². The van der Waals surface area contributed by atoms with Crippen LogP contribution in [-0.4, -0.2) is 46.8 Å². The molecule has 0 heterocycles. The Hall–Kier alpha value is -2.32. The molecular weight excluding hydrogens is 643 g/mol. The van der Waals surface area contributed by atoms with Gasteiger partial charge < -0.3 is 19.3 Å². The number of rotatable bonds is 34. The molecule has 0 amide bonds. The number of ether oxygens (including phenoxy) is 2. The monoisotopic (exact) mass is 710 g/mol. The van der Waals surface area contributed by atoms with Crippen molar-refractivity contribution in [1.29, 1.82) is 0 Å². The molecule has 0 aliphatic rings. The van der Waals surface area contributed by atoms with Crippen LogP contribution in [-0.2, 0) is 32.9 Å². The number of esters is 2. The molecule has 0 spiro atoms. The Bertz CT molecular complexity index is 996. The third kappa shape index (κ3) is 36.8. The zero-order chi connectivity index (χ0) is 36.3. The van der Waals surface area contributed by atoms with Crippen molar-refractivity contribution in [3.8, 4) is 0 Å². The number of hydrogen-bond acceptors (Lipinski definition) is 7. The van der Waals surface area contributed by atoms with E-state index >= 15 is 0 Å². The van der Waals surface area contributed by atoms with E-state index in [9.17, 15) is 18.9 Å². The lowest BCUT2D eigenvalue weighted by Gasteiger charge is -2.18. The summed E-state index contributed by atoms with van der Waals surface area (Å²) in [6.45, 7) is 3.46. The molecule has 0 aliphatic heterocycles. The van der Waals surface area contributed by atoms with E-state index in [1.165, 1.54) is 57.8 Å². The summed E-state index contributed by atoms with van der Waals surface area (Å²) in [6, 6.07) is 0. The molecule has 0 unspecified atom stereocenters. The lowest BCUT2D eigenvalue weighted by Crippen LogP contribution is -2.29. The number of ketones is 1. The Labute approximate surface area is 297 Å². The van der Waals surface area contributed by atoms with E-state index < -0.39 is 32.5 Å². The summed E-state index contributed by atoms with van der Waals surface area (Å²) in [5, 5.41) is 0. The molecule has 9 nitrogen and oxygen atoms in total. The molecule has 0 saturated carbocycles. The first-order chi connectivity index (χ1) is 23.7. The van der Waals surface area contributed by atoms with Crippen molar-refractivity contribution in [1.82, 2.24) is 0 Å². The van der Waals surface area contributed by atoms with Gasteiger partial charge in [-0.1, -0.05) is 146 Å². The SMILES string of the molecule is CCCCCCCCCCCCCCCC(=O)OC[C@H](COP(=O)(O)O)OC(=O)CCC/C=C\C/C=C\C/C=C\C=C\C(=O)CCCCC. The number of hydrogen-bond donors (Lipinski definition) is 2. The highest BCUT2D eigenvalue weighted by atomic mass is 31.2. The maximum atomic E-state index is 12.3. The van der Waals surface area contributed by atoms with E-state index in [-0.39, 0.29) is 25.2 Å². The molecular formula is C39H67O9P. The van der Waals surface area contributed by atoms with Gasteiger partial charge in [-0.05, 0) is 44.6 Å². The van der Waals surface area contributed by atoms with Gasteiger partial charge in [0, 0.05) is 19.3 Å². The minimum absolute atomic E-state index is 0.110. The van der Waals surface area contributed by atoms with Crippen LogP contribution in [0.25, 0.3) is 0 Å². The summed E-state index contributed by atoms with van der Waals surface area (Å²) >= 11 is 0. The Morgan fingerprint density at radius 2 is 1.10 bits per heavy atom. The van der Waals surface area contributed by atoms with Gasteiger partial charge in [0.25, 0.3) is 0 Å². The van der Waals surface area contributed by atoms with Gasteiger partial charge in [0.15, 0.2) is 11.9 Å². The first kappa shape index (κ1) is 46.7. The standard InChI is InChI=1S/C39H67O9P/c1-3-5-7-8-9-10-11-12-15-18-21-24-28-32-38(41)46-34-37(35-47-49(43,44)45)48-39(42)33-29-25-22-19-16-13-14-17-20-23-27-31-36(40)30-26-6-4-2/h13-14,19-20,22-23,27,31,37H,3-12,15-18,21,24-26,28-30,32-35H2,1-2H3,(H2,43,44,45)/b14-13-,22-19-,23-20-,31-27+/t37-/m1/s1. The number of carbonyl (C=O) groups is 3. The van der Waals surface area contributed by atoms with Crippen molar-refractivity contribution in [3.63, 3.8) is 0 Å². The molecule has 10 heteroatoms. The van der Waals surface area contributed by atoms with Gasteiger partial charge in [-0.25, -0.2) is 4.57 Å². The molecule has 0 aromatic heterocycles. The van der Waals surface area contributed by atoms with Crippen LogP contribution < -0.4 is 0 Å². The molecule has 0 radical (unpaired) electrons. The summed E-state index contributed by atoms with van der Waals surface area (Å²) < 4.78 is 26.2. The van der Waals surface area contributed by atoms with Gasteiger partial charge in [-0.3, -0.25) is 18.9 Å². The van der Waals surface area contributed by atoms with E-state index in [1.54, 1.807) is 12.2 Å². The Morgan fingerprint density at radius 3 is 1.71 bits per heavy atom. The zero-order valence-corrected chi connectivity index (χ0v) is 31.5. The van der Waals surface area contributed by atoms with Gasteiger partial charge in [0.1, 0.15) is 6.61 Å². The maximum absolute atomic E-state index is 12.3. The van der Waals surface area contributed by atoms with Crippen molar-refractivity contribution in [2.24, 2.45) is 0 Å². The number of unbranched alkanes of at least 4 members (excludes halogenated alkanes) is 15. The first-order valence-corrected chi connectivity index (χ1v) is 20.4. The van der Waals surface area contributed by atoms with Crippen LogP contribution in [0, 0.1) is 0 Å². The van der Waals surface area contributed by atoms with Crippen molar-refractivity contribution in [2.75, 3.05) is 13.2 Å². The first-order valence-electron chi connectivity index (χ1n) is 18.9. The van der Waals surface area contributed by atoms with Crippen LogP contribution in [0.1, 0.15) is 162 Å². The molecule has 1 atom stereocenters. The zero-order valence-electron chi connectivity index (χ0n) is 30.6. The Morgan fingerprint density at radius 1 is 0.592 bits per heavy atom. The molecule has 0 fully saturated rings. The highest BCUT2D eigenvalue weighted by molar-refractivity contribution is 7.46. The van der Waals surface area contributed by atoms with Crippen molar-refractivity contribution in [3.05, 3.63) is 48.6 Å². The van der Waals surface area contributed by atoms with Crippen molar-refractivity contribution >= 4 is 25.5 Å². The number of phosphoric ester groups is 1. The minimum Gasteiger partial charge on any atom is -0.462 e. The van der Waals surface area contributed by atoms with E-state index in [0.717, 1.165) is 51.4 Å².